The smallest absolute Gasteiger partial charge is 0.327 e. The second-order valence-corrected chi connectivity index (χ2v) is 6.62. The Morgan fingerprint density at radius 2 is 2.05 bits per heavy atom. The van der Waals surface area contributed by atoms with Crippen molar-refractivity contribution in [2.24, 2.45) is 5.41 Å². The summed E-state index contributed by atoms with van der Waals surface area (Å²) in [6.45, 7) is 4.81. The van der Waals surface area contributed by atoms with Gasteiger partial charge >= 0.3 is 5.97 Å². The predicted octanol–water partition coefficient (Wildman–Crippen LogP) is 0.654. The molecule has 6 nitrogen and oxygen atoms in total. The van der Waals surface area contributed by atoms with Gasteiger partial charge in [-0.2, -0.15) is 5.26 Å². The van der Waals surface area contributed by atoms with Crippen molar-refractivity contribution in [1.29, 1.82) is 5.26 Å². The van der Waals surface area contributed by atoms with Gasteiger partial charge in [-0.25, -0.2) is 4.79 Å². The second-order valence-electron chi connectivity index (χ2n) is 5.00. The van der Waals surface area contributed by atoms with Crippen LogP contribution in [0.1, 0.15) is 33.6 Å². The molecule has 0 aliphatic heterocycles. The Morgan fingerprint density at radius 1 is 1.47 bits per heavy atom. The van der Waals surface area contributed by atoms with Crippen LogP contribution in [0.2, 0.25) is 0 Å². The van der Waals surface area contributed by atoms with Gasteiger partial charge in [0.1, 0.15) is 6.04 Å². The van der Waals surface area contributed by atoms with Crippen LogP contribution in [-0.4, -0.2) is 38.7 Å². The Hall–Kier alpha value is -1.42. The zero-order valence-electron chi connectivity index (χ0n) is 11.4. The summed E-state index contributed by atoms with van der Waals surface area (Å²) in [7, 11) is -1.33. The standard InChI is InChI=1S/C12H20N2O4S/c1-9(15)14-10(11(16)17)7-19(18)6-4-5-12(2,3)8-13/h10H,4-7H2,1-3H3,(H,14,15)(H,16,17). The summed E-state index contributed by atoms with van der Waals surface area (Å²) >= 11 is 0. The number of nitrogens with one attached hydrogen (secondary N) is 1. The van der Waals surface area contributed by atoms with Crippen LogP contribution in [0.25, 0.3) is 0 Å². The fourth-order valence-corrected chi connectivity index (χ4v) is 2.65. The monoisotopic (exact) mass is 288 g/mol. The summed E-state index contributed by atoms with van der Waals surface area (Å²) in [5, 5.41) is 19.9. The average Bonchev–Trinajstić information content (AvgIpc) is 2.27. The third-order valence-electron chi connectivity index (χ3n) is 2.50. The highest BCUT2D eigenvalue weighted by molar-refractivity contribution is 7.85. The van der Waals surface area contributed by atoms with Gasteiger partial charge in [-0.3, -0.25) is 9.00 Å². The summed E-state index contributed by atoms with van der Waals surface area (Å²) < 4.78 is 11.7. The minimum atomic E-state index is -1.33. The van der Waals surface area contributed by atoms with Gasteiger partial charge < -0.3 is 10.4 Å². The minimum absolute atomic E-state index is 0.109. The largest absolute Gasteiger partial charge is 0.480 e. The number of hydrogen-bond donors (Lipinski definition) is 2. The Morgan fingerprint density at radius 3 is 2.47 bits per heavy atom. The highest BCUT2D eigenvalue weighted by Crippen LogP contribution is 2.20. The van der Waals surface area contributed by atoms with Crippen molar-refractivity contribution < 1.29 is 18.9 Å². The lowest BCUT2D eigenvalue weighted by atomic mass is 9.90. The highest BCUT2D eigenvalue weighted by atomic mass is 32.2. The molecule has 7 heteroatoms. The van der Waals surface area contributed by atoms with E-state index in [9.17, 15) is 13.8 Å². The van der Waals surface area contributed by atoms with Crippen molar-refractivity contribution >= 4 is 22.7 Å². The van der Waals surface area contributed by atoms with Crippen LogP contribution in [0.4, 0.5) is 0 Å². The summed E-state index contributed by atoms with van der Waals surface area (Å²) in [6, 6.07) is 1.03. The Labute approximate surface area is 115 Å². The van der Waals surface area contributed by atoms with E-state index in [0.717, 1.165) is 0 Å². The fraction of sp³-hybridized carbons (Fsp3) is 0.750. The summed E-state index contributed by atoms with van der Waals surface area (Å²) in [6.07, 6.45) is 1.19. The van der Waals surface area contributed by atoms with Gasteiger partial charge in [0.25, 0.3) is 0 Å². The number of rotatable bonds is 8. The number of nitrogens with zero attached hydrogens (tertiary/aromatic N) is 1. The van der Waals surface area contributed by atoms with E-state index in [1.165, 1.54) is 6.92 Å². The SMILES string of the molecule is CC(=O)NC(CS(=O)CCCC(C)(C)C#N)C(=O)O. The number of carboxylic acids is 1. The number of carbonyl (C=O) groups is 2. The van der Waals surface area contributed by atoms with Gasteiger partial charge in [0.2, 0.25) is 5.91 Å². The van der Waals surface area contributed by atoms with E-state index in [4.69, 9.17) is 10.4 Å². The van der Waals surface area contributed by atoms with Crippen LogP contribution in [-0.2, 0) is 20.4 Å². The van der Waals surface area contributed by atoms with Crippen molar-refractivity contribution in [1.82, 2.24) is 5.32 Å². The molecule has 108 valence electrons. The first-order chi connectivity index (χ1) is 8.68. The number of amides is 1. The summed E-state index contributed by atoms with van der Waals surface area (Å²) in [5.74, 6) is -1.44. The molecule has 0 aromatic rings. The fourth-order valence-electron chi connectivity index (χ4n) is 1.42. The topological polar surface area (TPSA) is 107 Å². The summed E-state index contributed by atoms with van der Waals surface area (Å²) in [5.41, 5.74) is -0.464. The molecule has 1 amide bonds. The maximum atomic E-state index is 11.7. The Bertz CT molecular complexity index is 401. The molecule has 2 atom stereocenters. The van der Waals surface area contributed by atoms with Gasteiger partial charge in [0.05, 0.1) is 17.2 Å². The van der Waals surface area contributed by atoms with Crippen LogP contribution in [0, 0.1) is 16.7 Å². The van der Waals surface area contributed by atoms with Crippen molar-refractivity contribution in [3.8, 4) is 6.07 Å². The molecule has 0 heterocycles. The predicted molar refractivity (Wildman–Crippen MR) is 71.7 cm³/mol. The van der Waals surface area contributed by atoms with E-state index in [2.05, 4.69) is 11.4 Å². The third kappa shape index (κ3) is 8.32. The molecule has 0 saturated carbocycles. The number of nitriles is 1. The van der Waals surface area contributed by atoms with Crippen LogP contribution < -0.4 is 5.32 Å². The Kier molecular flexibility index (Phi) is 7.30. The van der Waals surface area contributed by atoms with Gasteiger partial charge in [0, 0.05) is 23.5 Å². The van der Waals surface area contributed by atoms with E-state index >= 15 is 0 Å². The first kappa shape index (κ1) is 17.6. The first-order valence-corrected chi connectivity index (χ1v) is 7.43. The lowest BCUT2D eigenvalue weighted by molar-refractivity contribution is -0.140. The molecule has 0 aromatic carbocycles. The molecule has 0 rings (SSSR count). The maximum absolute atomic E-state index is 11.7. The number of aliphatic carboxylic acids is 1. The van der Waals surface area contributed by atoms with Crippen molar-refractivity contribution in [2.45, 2.75) is 39.7 Å². The molecule has 2 N–H and O–H groups in total. The van der Waals surface area contributed by atoms with Gasteiger partial charge in [-0.15, -0.1) is 0 Å². The van der Waals surface area contributed by atoms with Crippen LogP contribution in [0.3, 0.4) is 0 Å². The van der Waals surface area contributed by atoms with Crippen LogP contribution in [0.15, 0.2) is 0 Å². The molecule has 0 bridgehead atoms. The van der Waals surface area contributed by atoms with E-state index in [1.807, 2.05) is 0 Å². The molecule has 0 aromatic heterocycles. The molecule has 0 radical (unpaired) electrons. The zero-order valence-corrected chi connectivity index (χ0v) is 12.2. The molecule has 0 aliphatic rings. The molecule has 19 heavy (non-hydrogen) atoms. The van der Waals surface area contributed by atoms with E-state index in [-0.39, 0.29) is 5.75 Å². The lowest BCUT2D eigenvalue weighted by Gasteiger charge is -2.15. The van der Waals surface area contributed by atoms with Crippen LogP contribution >= 0.6 is 0 Å². The minimum Gasteiger partial charge on any atom is -0.480 e. The normalized spacial score (nSPS) is 14.2. The van der Waals surface area contributed by atoms with Gasteiger partial charge in [0.15, 0.2) is 0 Å². The zero-order chi connectivity index (χ0) is 15.1. The lowest BCUT2D eigenvalue weighted by Crippen LogP contribution is -2.43. The maximum Gasteiger partial charge on any atom is 0.327 e. The Balaban J connectivity index is 4.18. The molecule has 0 saturated heterocycles. The summed E-state index contributed by atoms with van der Waals surface area (Å²) in [4.78, 5) is 21.7. The molecule has 0 aliphatic carbocycles. The highest BCUT2D eigenvalue weighted by Gasteiger charge is 2.22. The average molecular weight is 288 g/mol. The first-order valence-electron chi connectivity index (χ1n) is 5.94. The van der Waals surface area contributed by atoms with Crippen molar-refractivity contribution in [2.75, 3.05) is 11.5 Å². The molecule has 0 fully saturated rings. The molecule has 0 spiro atoms. The molecular formula is C12H20N2O4S. The van der Waals surface area contributed by atoms with E-state index in [0.29, 0.717) is 18.6 Å². The molecule has 2 unspecified atom stereocenters. The number of hydrogen-bond acceptors (Lipinski definition) is 4. The van der Waals surface area contributed by atoms with Crippen LogP contribution in [0.5, 0.6) is 0 Å². The van der Waals surface area contributed by atoms with E-state index < -0.39 is 34.1 Å². The second kappa shape index (κ2) is 7.89. The molecular weight excluding hydrogens is 268 g/mol. The number of carbonyl (C=O) groups excluding carboxylic acids is 1. The van der Waals surface area contributed by atoms with Crippen molar-refractivity contribution in [3.05, 3.63) is 0 Å². The van der Waals surface area contributed by atoms with Gasteiger partial charge in [-0.05, 0) is 26.7 Å². The quantitative estimate of drug-likeness (QED) is 0.682. The number of carboxylic acid groups (broad SMARTS) is 1. The van der Waals surface area contributed by atoms with E-state index in [1.54, 1.807) is 13.8 Å². The third-order valence-corrected chi connectivity index (χ3v) is 3.95. The van der Waals surface area contributed by atoms with Crippen molar-refractivity contribution in [3.63, 3.8) is 0 Å². The van der Waals surface area contributed by atoms with Gasteiger partial charge in [-0.1, -0.05) is 0 Å².